The molecule has 2 amide bonds. The van der Waals surface area contributed by atoms with Gasteiger partial charge in [-0.05, 0) is 17.7 Å². The number of rotatable bonds is 3. The lowest BCUT2D eigenvalue weighted by Gasteiger charge is -2.36. The van der Waals surface area contributed by atoms with Crippen LogP contribution in [0, 0.1) is 11.6 Å². The van der Waals surface area contributed by atoms with Crippen LogP contribution in [-0.2, 0) is 6.54 Å². The molecule has 6 heteroatoms. The molecule has 0 bridgehead atoms. The fraction of sp³-hybridized carbons (Fsp3) is 0.278. The molecule has 1 heterocycles. The second-order valence-corrected chi connectivity index (χ2v) is 5.72. The van der Waals surface area contributed by atoms with Gasteiger partial charge in [0.05, 0.1) is 0 Å². The fourth-order valence-corrected chi connectivity index (χ4v) is 2.73. The maximum Gasteiger partial charge on any atom is 0.317 e. The molecule has 0 radical (unpaired) electrons. The first-order valence-electron chi connectivity index (χ1n) is 7.90. The van der Waals surface area contributed by atoms with E-state index in [0.717, 1.165) is 11.6 Å². The number of carbonyl (C=O) groups is 1. The van der Waals surface area contributed by atoms with E-state index in [1.165, 1.54) is 6.07 Å². The van der Waals surface area contributed by atoms with E-state index in [2.05, 4.69) is 5.32 Å². The van der Waals surface area contributed by atoms with Crippen LogP contribution in [0.25, 0.3) is 0 Å². The van der Waals surface area contributed by atoms with E-state index in [9.17, 15) is 13.6 Å². The van der Waals surface area contributed by atoms with Crippen molar-refractivity contribution in [2.45, 2.75) is 6.54 Å². The van der Waals surface area contributed by atoms with E-state index >= 15 is 0 Å². The van der Waals surface area contributed by atoms with E-state index in [1.54, 1.807) is 11.0 Å². The highest BCUT2D eigenvalue weighted by atomic mass is 19.2. The van der Waals surface area contributed by atoms with Gasteiger partial charge in [-0.3, -0.25) is 0 Å². The van der Waals surface area contributed by atoms with Crippen LogP contribution < -0.4 is 10.2 Å². The number of piperazine rings is 1. The second-order valence-electron chi connectivity index (χ2n) is 5.72. The van der Waals surface area contributed by atoms with Gasteiger partial charge in [-0.25, -0.2) is 13.6 Å². The van der Waals surface area contributed by atoms with Crippen molar-refractivity contribution in [3.05, 3.63) is 65.7 Å². The molecule has 0 saturated carbocycles. The summed E-state index contributed by atoms with van der Waals surface area (Å²) in [5.41, 5.74) is 1.68. The molecule has 0 spiro atoms. The Labute approximate surface area is 139 Å². The van der Waals surface area contributed by atoms with Gasteiger partial charge in [0.2, 0.25) is 0 Å². The van der Waals surface area contributed by atoms with Crippen LogP contribution in [-0.4, -0.2) is 37.1 Å². The van der Waals surface area contributed by atoms with Gasteiger partial charge in [0.15, 0.2) is 11.6 Å². The van der Waals surface area contributed by atoms with Crippen LogP contribution in [0.3, 0.4) is 0 Å². The molecule has 1 aliphatic rings. The number of halogens is 2. The van der Waals surface area contributed by atoms with E-state index in [-0.39, 0.29) is 6.03 Å². The normalized spacial score (nSPS) is 14.6. The highest BCUT2D eigenvalue weighted by Crippen LogP contribution is 2.19. The Morgan fingerprint density at radius 2 is 1.67 bits per heavy atom. The van der Waals surface area contributed by atoms with Crippen LogP contribution in [0.2, 0.25) is 0 Å². The Balaban J connectivity index is 1.51. The van der Waals surface area contributed by atoms with Crippen LogP contribution in [0.5, 0.6) is 0 Å². The summed E-state index contributed by atoms with van der Waals surface area (Å²) >= 11 is 0. The minimum absolute atomic E-state index is 0.108. The number of hydrogen-bond acceptors (Lipinski definition) is 2. The molecule has 1 aliphatic heterocycles. The molecule has 0 atom stereocenters. The number of benzene rings is 2. The summed E-state index contributed by atoms with van der Waals surface area (Å²) in [4.78, 5) is 15.9. The number of carbonyl (C=O) groups excluding carboxylic acids is 1. The lowest BCUT2D eigenvalue weighted by molar-refractivity contribution is 0.194. The van der Waals surface area contributed by atoms with Crippen LogP contribution in [0.15, 0.2) is 48.5 Å². The van der Waals surface area contributed by atoms with E-state index in [4.69, 9.17) is 0 Å². The number of amides is 2. The molecule has 24 heavy (non-hydrogen) atoms. The molecule has 0 aromatic heterocycles. The van der Waals surface area contributed by atoms with Gasteiger partial charge >= 0.3 is 6.03 Å². The smallest absolute Gasteiger partial charge is 0.317 e. The third kappa shape index (κ3) is 3.82. The summed E-state index contributed by atoms with van der Waals surface area (Å²) in [5.74, 6) is -1.70. The predicted molar refractivity (Wildman–Crippen MR) is 88.8 cm³/mol. The number of anilines is 1. The SMILES string of the molecule is O=C(NCc1ccccc1)N1CCN(c2ccc(F)c(F)c2)CC1. The first-order valence-corrected chi connectivity index (χ1v) is 7.90. The van der Waals surface area contributed by atoms with Crippen molar-refractivity contribution >= 4 is 11.7 Å². The maximum atomic E-state index is 13.3. The van der Waals surface area contributed by atoms with Gasteiger partial charge in [0, 0.05) is 44.5 Å². The van der Waals surface area contributed by atoms with Gasteiger partial charge < -0.3 is 15.1 Å². The van der Waals surface area contributed by atoms with Crippen molar-refractivity contribution in [1.29, 1.82) is 0 Å². The van der Waals surface area contributed by atoms with Gasteiger partial charge in [-0.15, -0.1) is 0 Å². The number of nitrogens with one attached hydrogen (secondary N) is 1. The van der Waals surface area contributed by atoms with Crippen molar-refractivity contribution in [2.75, 3.05) is 31.1 Å². The Kier molecular flexibility index (Phi) is 4.93. The zero-order chi connectivity index (χ0) is 16.9. The Morgan fingerprint density at radius 1 is 0.958 bits per heavy atom. The number of urea groups is 1. The molecule has 1 saturated heterocycles. The number of nitrogens with zero attached hydrogens (tertiary/aromatic N) is 2. The fourth-order valence-electron chi connectivity index (χ4n) is 2.73. The first kappa shape index (κ1) is 16.2. The first-order chi connectivity index (χ1) is 11.6. The lowest BCUT2D eigenvalue weighted by Crippen LogP contribution is -2.51. The van der Waals surface area contributed by atoms with Gasteiger partial charge in [0.1, 0.15) is 0 Å². The van der Waals surface area contributed by atoms with E-state index < -0.39 is 11.6 Å². The minimum Gasteiger partial charge on any atom is -0.368 e. The molecule has 0 unspecified atom stereocenters. The molecule has 126 valence electrons. The topological polar surface area (TPSA) is 35.6 Å². The average molecular weight is 331 g/mol. The highest BCUT2D eigenvalue weighted by molar-refractivity contribution is 5.74. The van der Waals surface area contributed by atoms with Crippen LogP contribution in [0.4, 0.5) is 19.3 Å². The molecule has 4 nitrogen and oxygen atoms in total. The summed E-state index contributed by atoms with van der Waals surface area (Å²) < 4.78 is 26.3. The van der Waals surface area contributed by atoms with Gasteiger partial charge in [0.25, 0.3) is 0 Å². The average Bonchev–Trinajstić information content (AvgIpc) is 2.63. The summed E-state index contributed by atoms with van der Waals surface area (Å²) in [6.07, 6.45) is 0. The van der Waals surface area contributed by atoms with Crippen molar-refractivity contribution < 1.29 is 13.6 Å². The van der Waals surface area contributed by atoms with Crippen LogP contribution >= 0.6 is 0 Å². The summed E-state index contributed by atoms with van der Waals surface area (Å²) in [6, 6.07) is 13.5. The van der Waals surface area contributed by atoms with E-state index in [1.807, 2.05) is 35.2 Å². The standard InChI is InChI=1S/C18H19F2N3O/c19-16-7-6-15(12-17(16)20)22-8-10-23(11-9-22)18(24)21-13-14-4-2-1-3-5-14/h1-7,12H,8-11,13H2,(H,21,24). The quantitative estimate of drug-likeness (QED) is 0.938. The molecule has 3 rings (SSSR count). The third-order valence-electron chi connectivity index (χ3n) is 4.12. The Morgan fingerprint density at radius 3 is 2.33 bits per heavy atom. The molecular formula is C18H19F2N3O. The Hall–Kier alpha value is -2.63. The van der Waals surface area contributed by atoms with E-state index in [0.29, 0.717) is 38.4 Å². The van der Waals surface area contributed by atoms with Crippen molar-refractivity contribution in [3.63, 3.8) is 0 Å². The van der Waals surface area contributed by atoms with Crippen LogP contribution in [0.1, 0.15) is 5.56 Å². The molecule has 1 N–H and O–H groups in total. The molecule has 1 fully saturated rings. The summed E-state index contributed by atoms with van der Waals surface area (Å²) in [5, 5.41) is 2.90. The van der Waals surface area contributed by atoms with Gasteiger partial charge in [-0.1, -0.05) is 30.3 Å². The monoisotopic (exact) mass is 331 g/mol. The molecule has 0 aliphatic carbocycles. The highest BCUT2D eigenvalue weighted by Gasteiger charge is 2.21. The minimum atomic E-state index is -0.851. The summed E-state index contributed by atoms with van der Waals surface area (Å²) in [6.45, 7) is 2.75. The van der Waals surface area contributed by atoms with Crippen molar-refractivity contribution in [1.82, 2.24) is 10.2 Å². The Bertz CT molecular complexity index is 701. The molecule has 2 aromatic carbocycles. The zero-order valence-corrected chi connectivity index (χ0v) is 13.2. The number of hydrogen-bond donors (Lipinski definition) is 1. The van der Waals surface area contributed by atoms with Crippen molar-refractivity contribution in [3.8, 4) is 0 Å². The molecule has 2 aromatic rings. The maximum absolute atomic E-state index is 13.3. The largest absolute Gasteiger partial charge is 0.368 e. The molecular weight excluding hydrogens is 312 g/mol. The van der Waals surface area contributed by atoms with Gasteiger partial charge in [-0.2, -0.15) is 0 Å². The predicted octanol–water partition coefficient (Wildman–Crippen LogP) is 3.00. The second kappa shape index (κ2) is 7.29. The zero-order valence-electron chi connectivity index (χ0n) is 13.2. The van der Waals surface area contributed by atoms with Crippen molar-refractivity contribution in [2.24, 2.45) is 0 Å². The summed E-state index contributed by atoms with van der Waals surface area (Å²) in [7, 11) is 0. The lowest BCUT2D eigenvalue weighted by atomic mass is 10.2. The third-order valence-corrected chi connectivity index (χ3v) is 4.12.